The van der Waals surface area contributed by atoms with Crippen LogP contribution in [0.15, 0.2) is 59.5 Å². The third-order valence-electron chi connectivity index (χ3n) is 5.65. The second-order valence-electron chi connectivity index (χ2n) is 8.39. The summed E-state index contributed by atoms with van der Waals surface area (Å²) >= 11 is 0. The molecule has 0 radical (unpaired) electrons. The molecule has 36 heavy (non-hydrogen) atoms. The normalized spacial score (nSPS) is 16.3. The molecule has 1 saturated heterocycles. The summed E-state index contributed by atoms with van der Waals surface area (Å²) in [5.41, 5.74) is 1.13. The molecule has 0 atom stereocenters. The third kappa shape index (κ3) is 7.10. The number of hydrogen-bond acceptors (Lipinski definition) is 7. The first-order valence-electron chi connectivity index (χ1n) is 11.2. The summed E-state index contributed by atoms with van der Waals surface area (Å²) in [7, 11) is -2.46. The molecule has 0 bridgehead atoms. The zero-order chi connectivity index (χ0) is 25.7. The molecule has 1 aliphatic heterocycles. The van der Waals surface area contributed by atoms with E-state index in [4.69, 9.17) is 4.74 Å². The number of aromatic nitrogens is 2. The van der Waals surface area contributed by atoms with Gasteiger partial charge in [-0.05, 0) is 29.8 Å². The Hall–Kier alpha value is -3.32. The minimum atomic E-state index is -2.46. The predicted molar refractivity (Wildman–Crippen MR) is 133 cm³/mol. The minimum absolute atomic E-state index is 0.135. The predicted octanol–water partition coefficient (Wildman–Crippen LogP) is 3.72. The summed E-state index contributed by atoms with van der Waals surface area (Å²) in [6.45, 7) is 1.72. The molecule has 1 amide bonds. The van der Waals surface area contributed by atoms with E-state index in [2.05, 4.69) is 10.4 Å². The van der Waals surface area contributed by atoms with E-state index in [1.165, 1.54) is 16.9 Å². The number of rotatable bonds is 7. The fraction of sp³-hybridized carbons (Fsp3) is 0.292. The van der Waals surface area contributed by atoms with Crippen molar-refractivity contribution in [3.05, 3.63) is 87.8 Å². The number of carbonyl (C=O) groups is 1. The van der Waals surface area contributed by atoms with Gasteiger partial charge in [-0.1, -0.05) is 12.1 Å². The van der Waals surface area contributed by atoms with Crippen LogP contribution >= 0.6 is 10.6 Å². The monoisotopic (exact) mass is 520 g/mol. The number of amides is 1. The standard InChI is InChI=1S/C24H26F2N4O5S/c25-18-14-19(26)16-21(15-18)30-5-4-23(31)22(28-30)13-17-2-1-3-20(12-17)27-24(32)35-9-6-29-7-10-36(33,34)11-8-29/h1-5,12,14-16,33-34H,6-11,13H2,(H,27,32). The van der Waals surface area contributed by atoms with Crippen molar-refractivity contribution in [2.45, 2.75) is 6.42 Å². The topological polar surface area (TPSA) is 117 Å². The number of nitrogens with one attached hydrogen (secondary N) is 1. The Morgan fingerprint density at radius 2 is 1.81 bits per heavy atom. The summed E-state index contributed by atoms with van der Waals surface area (Å²) < 4.78 is 52.9. The van der Waals surface area contributed by atoms with Gasteiger partial charge in [0.1, 0.15) is 23.9 Å². The summed E-state index contributed by atoms with van der Waals surface area (Å²) in [6.07, 6.45) is 0.834. The molecule has 2 aromatic carbocycles. The largest absolute Gasteiger partial charge is 0.448 e. The lowest BCUT2D eigenvalue weighted by molar-refractivity contribution is 0.141. The van der Waals surface area contributed by atoms with Gasteiger partial charge in [-0.15, -0.1) is 0 Å². The van der Waals surface area contributed by atoms with Gasteiger partial charge in [0.15, 0.2) is 0 Å². The van der Waals surface area contributed by atoms with E-state index in [0.717, 1.165) is 18.2 Å². The van der Waals surface area contributed by atoms with Gasteiger partial charge in [0, 0.05) is 50.1 Å². The number of ether oxygens (including phenoxy) is 1. The zero-order valence-electron chi connectivity index (χ0n) is 19.3. The van der Waals surface area contributed by atoms with Crippen LogP contribution in [0.25, 0.3) is 5.69 Å². The number of halogens is 2. The number of hydrogen-bond donors (Lipinski definition) is 3. The first kappa shape index (κ1) is 25.8. The van der Waals surface area contributed by atoms with Crippen LogP contribution in [-0.2, 0) is 11.2 Å². The molecule has 3 aromatic rings. The molecule has 0 unspecified atom stereocenters. The van der Waals surface area contributed by atoms with Gasteiger partial charge >= 0.3 is 6.09 Å². The van der Waals surface area contributed by atoms with Crippen molar-refractivity contribution >= 4 is 22.4 Å². The maximum absolute atomic E-state index is 13.6. The van der Waals surface area contributed by atoms with Gasteiger partial charge in [0.05, 0.1) is 17.2 Å². The lowest BCUT2D eigenvalue weighted by Crippen LogP contribution is -2.40. The first-order chi connectivity index (χ1) is 17.2. The lowest BCUT2D eigenvalue weighted by Gasteiger charge is -2.40. The van der Waals surface area contributed by atoms with E-state index in [0.29, 0.717) is 42.4 Å². The van der Waals surface area contributed by atoms with E-state index in [1.54, 1.807) is 24.3 Å². The SMILES string of the molecule is O=C(Nc1cccc(Cc2nn(-c3cc(F)cc(F)c3)ccc2=O)c1)OCCN1CCS(O)(O)CC1. The van der Waals surface area contributed by atoms with Crippen LogP contribution in [0.2, 0.25) is 0 Å². The molecule has 1 fully saturated rings. The molecule has 12 heteroatoms. The smallest absolute Gasteiger partial charge is 0.411 e. The van der Waals surface area contributed by atoms with Crippen molar-refractivity contribution in [3.8, 4) is 5.69 Å². The molecule has 0 spiro atoms. The zero-order valence-corrected chi connectivity index (χ0v) is 20.1. The molecule has 192 valence electrons. The van der Waals surface area contributed by atoms with Gasteiger partial charge in [-0.25, -0.2) is 18.3 Å². The van der Waals surface area contributed by atoms with Crippen LogP contribution in [-0.4, -0.2) is 67.6 Å². The van der Waals surface area contributed by atoms with Crippen LogP contribution in [0.1, 0.15) is 11.3 Å². The number of carbonyl (C=O) groups excluding carboxylic acids is 1. The molecule has 3 N–H and O–H groups in total. The molecule has 1 aliphatic rings. The van der Waals surface area contributed by atoms with Crippen molar-refractivity contribution in [3.63, 3.8) is 0 Å². The molecule has 1 aromatic heterocycles. The van der Waals surface area contributed by atoms with Gasteiger partial charge in [-0.3, -0.25) is 24.1 Å². The van der Waals surface area contributed by atoms with E-state index < -0.39 is 28.3 Å². The van der Waals surface area contributed by atoms with Crippen LogP contribution in [0.4, 0.5) is 19.3 Å². The Kier molecular flexibility index (Phi) is 7.99. The first-order valence-corrected chi connectivity index (χ1v) is 13.1. The van der Waals surface area contributed by atoms with E-state index in [9.17, 15) is 27.5 Å². The van der Waals surface area contributed by atoms with Crippen molar-refractivity contribution in [2.75, 3.05) is 43.1 Å². The van der Waals surface area contributed by atoms with Crippen LogP contribution in [0, 0.1) is 11.6 Å². The summed E-state index contributed by atoms with van der Waals surface area (Å²) in [4.78, 5) is 26.5. The van der Waals surface area contributed by atoms with Crippen LogP contribution in [0.3, 0.4) is 0 Å². The van der Waals surface area contributed by atoms with E-state index in [1.807, 2.05) is 4.90 Å². The Bertz CT molecular complexity index is 1270. The molecular weight excluding hydrogens is 494 g/mol. The summed E-state index contributed by atoms with van der Waals surface area (Å²) in [6, 6.07) is 11.1. The highest BCUT2D eigenvalue weighted by Gasteiger charge is 2.22. The minimum Gasteiger partial charge on any atom is -0.448 e. The second-order valence-corrected chi connectivity index (χ2v) is 10.8. The van der Waals surface area contributed by atoms with Gasteiger partial charge in [0.25, 0.3) is 0 Å². The average Bonchev–Trinajstić information content (AvgIpc) is 2.81. The van der Waals surface area contributed by atoms with Crippen LogP contribution in [0.5, 0.6) is 0 Å². The van der Waals surface area contributed by atoms with Gasteiger partial charge in [-0.2, -0.15) is 15.7 Å². The highest BCUT2D eigenvalue weighted by atomic mass is 32.3. The van der Waals surface area contributed by atoms with Gasteiger partial charge in [0.2, 0.25) is 5.43 Å². The van der Waals surface area contributed by atoms with Crippen molar-refractivity contribution in [1.29, 1.82) is 0 Å². The molecule has 0 aliphatic carbocycles. The van der Waals surface area contributed by atoms with Crippen molar-refractivity contribution in [1.82, 2.24) is 14.7 Å². The molecule has 9 nitrogen and oxygen atoms in total. The number of nitrogens with zero attached hydrogens (tertiary/aromatic N) is 3. The van der Waals surface area contributed by atoms with E-state index >= 15 is 0 Å². The van der Waals surface area contributed by atoms with Crippen molar-refractivity contribution < 1.29 is 27.4 Å². The molecule has 2 heterocycles. The Morgan fingerprint density at radius 1 is 1.08 bits per heavy atom. The molecular formula is C24H26F2N4O5S. The number of anilines is 1. The average molecular weight is 521 g/mol. The Morgan fingerprint density at radius 3 is 2.53 bits per heavy atom. The Balaban J connectivity index is 1.35. The highest BCUT2D eigenvalue weighted by Crippen LogP contribution is 2.40. The molecule has 0 saturated carbocycles. The van der Waals surface area contributed by atoms with Gasteiger partial charge < -0.3 is 4.74 Å². The fourth-order valence-electron chi connectivity index (χ4n) is 3.75. The third-order valence-corrected chi connectivity index (χ3v) is 7.32. The fourth-order valence-corrected chi connectivity index (χ4v) is 5.05. The molecule has 4 rings (SSSR count). The maximum Gasteiger partial charge on any atom is 0.411 e. The highest BCUT2D eigenvalue weighted by molar-refractivity contribution is 8.24. The summed E-state index contributed by atoms with van der Waals surface area (Å²) in [5.74, 6) is -0.863. The van der Waals surface area contributed by atoms with Crippen LogP contribution < -0.4 is 10.7 Å². The number of benzene rings is 2. The maximum atomic E-state index is 13.6. The van der Waals surface area contributed by atoms with E-state index in [-0.39, 0.29) is 29.8 Å². The second kappa shape index (κ2) is 11.2. The Labute approximate surface area is 207 Å². The lowest BCUT2D eigenvalue weighted by atomic mass is 10.1. The quantitative estimate of drug-likeness (QED) is 0.435. The van der Waals surface area contributed by atoms with Crippen molar-refractivity contribution in [2.24, 2.45) is 0 Å². The summed E-state index contributed by atoms with van der Waals surface area (Å²) in [5, 5.41) is 6.87.